The van der Waals surface area contributed by atoms with Gasteiger partial charge in [0.05, 0.1) is 11.1 Å². The zero-order valence-electron chi connectivity index (χ0n) is 10.1. The smallest absolute Gasteiger partial charge is 0.203 e. The fourth-order valence-electron chi connectivity index (χ4n) is 1.74. The van der Waals surface area contributed by atoms with E-state index in [2.05, 4.69) is 0 Å². The molecule has 9 heteroatoms. The first kappa shape index (κ1) is 16.5. The molecule has 0 heterocycles. The van der Waals surface area contributed by atoms with Crippen LogP contribution in [0.15, 0.2) is 18.2 Å². The van der Waals surface area contributed by atoms with Gasteiger partial charge in [-0.25, -0.2) is 22.0 Å². The summed E-state index contributed by atoms with van der Waals surface area (Å²) in [4.78, 5) is 0. The van der Waals surface area contributed by atoms with Gasteiger partial charge in [0.25, 0.3) is 0 Å². The van der Waals surface area contributed by atoms with Crippen molar-refractivity contribution in [3.8, 4) is 11.1 Å². The molecule has 2 rings (SSSR count). The molecule has 0 bridgehead atoms. The fourth-order valence-corrected chi connectivity index (χ4v) is 2.01. The van der Waals surface area contributed by atoms with E-state index in [1.165, 1.54) is 0 Å². The maximum Gasteiger partial charge on any atom is 0.416 e. The monoisotopic (exact) mass is 346 g/mol. The third-order valence-electron chi connectivity index (χ3n) is 2.78. The average molecular weight is 347 g/mol. The van der Waals surface area contributed by atoms with E-state index >= 15 is 0 Å². The zero-order chi connectivity index (χ0) is 16.8. The highest BCUT2D eigenvalue weighted by atomic mass is 35.5. The van der Waals surface area contributed by atoms with Crippen molar-refractivity contribution in [3.63, 3.8) is 0 Å². The Kier molecular flexibility index (Phi) is 4.08. The van der Waals surface area contributed by atoms with Gasteiger partial charge in [-0.3, -0.25) is 0 Å². The molecule has 118 valence electrons. The molecular formula is C13H3ClF8. The average Bonchev–Trinajstić information content (AvgIpc) is 2.43. The van der Waals surface area contributed by atoms with Crippen LogP contribution in [0.5, 0.6) is 0 Å². The highest BCUT2D eigenvalue weighted by Gasteiger charge is 2.32. The zero-order valence-corrected chi connectivity index (χ0v) is 10.9. The van der Waals surface area contributed by atoms with Gasteiger partial charge in [-0.1, -0.05) is 17.7 Å². The lowest BCUT2D eigenvalue weighted by molar-refractivity contribution is -0.137. The minimum absolute atomic E-state index is 0.328. The normalized spacial score (nSPS) is 11.9. The van der Waals surface area contributed by atoms with Crippen LogP contribution in [0.3, 0.4) is 0 Å². The van der Waals surface area contributed by atoms with Gasteiger partial charge >= 0.3 is 6.18 Å². The molecule has 0 spiro atoms. The second-order valence-corrected chi connectivity index (χ2v) is 4.54. The number of benzene rings is 2. The maximum atomic E-state index is 13.6. The van der Waals surface area contributed by atoms with Gasteiger partial charge in [-0.2, -0.15) is 13.2 Å². The number of halogens is 9. The summed E-state index contributed by atoms with van der Waals surface area (Å²) in [6, 6.07) is 1.28. The largest absolute Gasteiger partial charge is 0.416 e. The van der Waals surface area contributed by atoms with E-state index in [1.54, 1.807) is 0 Å². The minimum Gasteiger partial charge on any atom is -0.203 e. The summed E-state index contributed by atoms with van der Waals surface area (Å²) in [6.07, 6.45) is -4.78. The predicted octanol–water partition coefficient (Wildman–Crippen LogP) is 5.72. The van der Waals surface area contributed by atoms with Crippen molar-refractivity contribution in [1.29, 1.82) is 0 Å². The molecule has 0 saturated heterocycles. The molecule has 0 radical (unpaired) electrons. The van der Waals surface area contributed by atoms with E-state index in [1.807, 2.05) is 0 Å². The SMILES string of the molecule is Fc1c(F)c(F)c(-c2ccc(C(F)(F)F)cc2Cl)c(F)c1F. The lowest BCUT2D eigenvalue weighted by atomic mass is 10.0. The number of hydrogen-bond donors (Lipinski definition) is 0. The van der Waals surface area contributed by atoms with E-state index in [9.17, 15) is 35.1 Å². The summed E-state index contributed by atoms with van der Waals surface area (Å²) < 4.78 is 104. The van der Waals surface area contributed by atoms with Crippen molar-refractivity contribution < 1.29 is 35.1 Å². The highest BCUT2D eigenvalue weighted by molar-refractivity contribution is 6.33. The minimum atomic E-state index is -4.78. The van der Waals surface area contributed by atoms with Crippen molar-refractivity contribution in [1.82, 2.24) is 0 Å². The maximum absolute atomic E-state index is 13.6. The molecule has 0 aromatic heterocycles. The molecule has 22 heavy (non-hydrogen) atoms. The van der Waals surface area contributed by atoms with E-state index < -0.39 is 57.0 Å². The number of alkyl halides is 3. The Morgan fingerprint density at radius 3 is 1.59 bits per heavy atom. The van der Waals surface area contributed by atoms with Gasteiger partial charge in [0.15, 0.2) is 23.3 Å². The second kappa shape index (κ2) is 5.42. The van der Waals surface area contributed by atoms with Crippen molar-refractivity contribution in [3.05, 3.63) is 57.9 Å². The van der Waals surface area contributed by atoms with Crippen LogP contribution in [0.1, 0.15) is 5.56 Å². The molecule has 2 aromatic carbocycles. The van der Waals surface area contributed by atoms with Crippen LogP contribution in [0.25, 0.3) is 11.1 Å². The Bertz CT molecular complexity index is 722. The Hall–Kier alpha value is -1.83. The van der Waals surface area contributed by atoms with E-state index in [-0.39, 0.29) is 0 Å². The molecular weight excluding hydrogens is 344 g/mol. The standard InChI is InChI=1S/C13H3ClF8/c14-6-3-4(13(20,21)22)1-2-5(6)7-8(15)10(17)12(19)11(18)9(7)16/h1-3H. The molecule has 0 unspecified atom stereocenters. The Labute approximate surface area is 122 Å². The van der Waals surface area contributed by atoms with Crippen molar-refractivity contribution in [2.45, 2.75) is 6.18 Å². The van der Waals surface area contributed by atoms with E-state index in [0.717, 1.165) is 0 Å². The van der Waals surface area contributed by atoms with Gasteiger partial charge in [0, 0.05) is 10.6 Å². The van der Waals surface area contributed by atoms with Crippen molar-refractivity contribution in [2.75, 3.05) is 0 Å². The van der Waals surface area contributed by atoms with Gasteiger partial charge in [0.1, 0.15) is 0 Å². The molecule has 0 saturated carbocycles. The molecule has 0 nitrogen and oxygen atoms in total. The fraction of sp³-hybridized carbons (Fsp3) is 0.0769. The van der Waals surface area contributed by atoms with E-state index in [4.69, 9.17) is 11.6 Å². The summed E-state index contributed by atoms with van der Waals surface area (Å²) in [7, 11) is 0. The predicted molar refractivity (Wildman–Crippen MR) is 61.7 cm³/mol. The van der Waals surface area contributed by atoms with Gasteiger partial charge < -0.3 is 0 Å². The van der Waals surface area contributed by atoms with Gasteiger partial charge in [-0.15, -0.1) is 0 Å². The number of hydrogen-bond acceptors (Lipinski definition) is 0. The van der Waals surface area contributed by atoms with Crippen LogP contribution in [0.2, 0.25) is 5.02 Å². The van der Waals surface area contributed by atoms with E-state index in [0.29, 0.717) is 18.2 Å². The first-order valence-electron chi connectivity index (χ1n) is 5.44. The lowest BCUT2D eigenvalue weighted by Crippen LogP contribution is -2.06. The second-order valence-electron chi connectivity index (χ2n) is 4.14. The summed E-state index contributed by atoms with van der Waals surface area (Å²) in [5, 5.41) is -0.807. The lowest BCUT2D eigenvalue weighted by Gasteiger charge is -2.12. The Balaban J connectivity index is 2.74. The summed E-state index contributed by atoms with van der Waals surface area (Å²) in [5.74, 6) is -11.2. The number of rotatable bonds is 1. The van der Waals surface area contributed by atoms with Crippen LogP contribution in [-0.2, 0) is 6.18 Å². The topological polar surface area (TPSA) is 0 Å². The van der Waals surface area contributed by atoms with Crippen LogP contribution in [0.4, 0.5) is 35.1 Å². The third kappa shape index (κ3) is 2.63. The molecule has 0 aliphatic heterocycles. The molecule has 0 atom stereocenters. The molecule has 2 aromatic rings. The van der Waals surface area contributed by atoms with Gasteiger partial charge in [-0.05, 0) is 12.1 Å². The van der Waals surface area contributed by atoms with Gasteiger partial charge in [0.2, 0.25) is 5.82 Å². The van der Waals surface area contributed by atoms with Crippen molar-refractivity contribution in [2.24, 2.45) is 0 Å². The van der Waals surface area contributed by atoms with Crippen LogP contribution in [-0.4, -0.2) is 0 Å². The molecule has 0 fully saturated rings. The summed E-state index contributed by atoms with van der Waals surface area (Å²) in [6.45, 7) is 0. The molecule has 0 N–H and O–H groups in total. The Morgan fingerprint density at radius 2 is 1.18 bits per heavy atom. The van der Waals surface area contributed by atoms with Crippen LogP contribution in [0, 0.1) is 29.1 Å². The van der Waals surface area contributed by atoms with Crippen molar-refractivity contribution >= 4 is 11.6 Å². The molecule has 0 aliphatic rings. The molecule has 0 aliphatic carbocycles. The quantitative estimate of drug-likeness (QED) is 0.352. The molecule has 0 amide bonds. The highest BCUT2D eigenvalue weighted by Crippen LogP contribution is 2.38. The van der Waals surface area contributed by atoms with Crippen LogP contribution < -0.4 is 0 Å². The summed E-state index contributed by atoms with van der Waals surface area (Å²) >= 11 is 5.49. The first-order valence-corrected chi connectivity index (χ1v) is 5.82. The van der Waals surface area contributed by atoms with Crippen LogP contribution >= 0.6 is 11.6 Å². The Morgan fingerprint density at radius 1 is 0.727 bits per heavy atom. The summed E-state index contributed by atoms with van der Waals surface area (Å²) in [5.41, 5.74) is -3.37. The third-order valence-corrected chi connectivity index (χ3v) is 3.09. The first-order chi connectivity index (χ1) is 10.1.